The molecule has 0 atom stereocenters. The van der Waals surface area contributed by atoms with Crippen molar-refractivity contribution in [1.29, 1.82) is 0 Å². The number of aryl methyl sites for hydroxylation is 2. The van der Waals surface area contributed by atoms with E-state index in [0.29, 0.717) is 6.54 Å². The molecule has 0 fully saturated rings. The van der Waals surface area contributed by atoms with Crippen LogP contribution in [0.15, 0.2) is 4.99 Å². The van der Waals surface area contributed by atoms with Gasteiger partial charge in [-0.05, 0) is 41.5 Å². The topological polar surface area (TPSA) is 66.3 Å². The minimum Gasteiger partial charge on any atom is -0.357 e. The Bertz CT molecular complexity index is 495. The number of hydrogen-bond acceptors (Lipinski definition) is 3. The fourth-order valence-electron chi connectivity index (χ4n) is 2.16. The maximum atomic E-state index is 4.67. The van der Waals surface area contributed by atoms with Crippen molar-refractivity contribution in [1.82, 2.24) is 25.7 Å². The second kappa shape index (κ2) is 8.17. The van der Waals surface area contributed by atoms with Crippen molar-refractivity contribution in [3.63, 3.8) is 0 Å². The van der Waals surface area contributed by atoms with Crippen molar-refractivity contribution in [3.8, 4) is 0 Å². The fourth-order valence-corrected chi connectivity index (χ4v) is 2.16. The minimum absolute atomic E-state index is 0.140. The van der Waals surface area contributed by atoms with Crippen LogP contribution in [0, 0.1) is 13.8 Å². The van der Waals surface area contributed by atoms with Gasteiger partial charge in [0.2, 0.25) is 0 Å². The third-order valence-corrected chi connectivity index (χ3v) is 3.47. The summed E-state index contributed by atoms with van der Waals surface area (Å²) in [6.07, 6.45) is 0. The highest BCUT2D eigenvalue weighted by molar-refractivity contribution is 5.79. The van der Waals surface area contributed by atoms with E-state index in [9.17, 15) is 0 Å². The molecule has 0 aromatic carbocycles. The quantitative estimate of drug-likeness (QED) is 0.423. The number of guanidine groups is 1. The van der Waals surface area contributed by atoms with Crippen LogP contribution in [0.4, 0.5) is 0 Å². The summed E-state index contributed by atoms with van der Waals surface area (Å²) in [4.78, 5) is 4.67. The van der Waals surface area contributed by atoms with Crippen LogP contribution in [0.5, 0.6) is 0 Å². The molecule has 22 heavy (non-hydrogen) atoms. The van der Waals surface area contributed by atoms with Crippen molar-refractivity contribution >= 4 is 5.96 Å². The second-order valence-electron chi connectivity index (χ2n) is 6.57. The lowest BCUT2D eigenvalue weighted by Gasteiger charge is -2.21. The monoisotopic (exact) mass is 308 g/mol. The average molecular weight is 308 g/mol. The summed E-state index contributed by atoms with van der Waals surface area (Å²) < 4.78 is 1.91. The Kier molecular flexibility index (Phi) is 6.87. The van der Waals surface area contributed by atoms with Gasteiger partial charge in [-0.25, -0.2) is 4.99 Å². The molecule has 1 rings (SSSR count). The molecule has 0 aliphatic rings. The standard InChI is InChI=1S/C16H32N6/c1-8-17-15(18-9-10-20-16(4,5)6)19-11-14-12(2)21-22(7)13(14)3/h20H,8-11H2,1-7H3,(H2,17,18,19). The number of aliphatic imine (C=N–C) groups is 1. The lowest BCUT2D eigenvalue weighted by molar-refractivity contribution is 0.428. The summed E-state index contributed by atoms with van der Waals surface area (Å²) in [6, 6.07) is 0. The van der Waals surface area contributed by atoms with Crippen LogP contribution in [0.25, 0.3) is 0 Å². The lowest BCUT2D eigenvalue weighted by Crippen LogP contribution is -2.44. The smallest absolute Gasteiger partial charge is 0.191 e. The van der Waals surface area contributed by atoms with E-state index in [0.717, 1.165) is 31.3 Å². The Morgan fingerprint density at radius 2 is 1.86 bits per heavy atom. The molecule has 0 radical (unpaired) electrons. The molecule has 0 unspecified atom stereocenters. The Morgan fingerprint density at radius 1 is 1.18 bits per heavy atom. The molecule has 0 amide bonds. The van der Waals surface area contributed by atoms with Gasteiger partial charge in [-0.15, -0.1) is 0 Å². The summed E-state index contributed by atoms with van der Waals surface area (Å²) in [5, 5.41) is 14.5. The van der Waals surface area contributed by atoms with Crippen LogP contribution in [-0.2, 0) is 13.6 Å². The van der Waals surface area contributed by atoms with E-state index in [-0.39, 0.29) is 5.54 Å². The van der Waals surface area contributed by atoms with Crippen molar-refractivity contribution in [2.45, 2.75) is 53.6 Å². The fraction of sp³-hybridized carbons (Fsp3) is 0.750. The Balaban J connectivity index is 2.58. The normalized spacial score (nSPS) is 12.6. The first-order valence-electron chi connectivity index (χ1n) is 8.01. The molecule has 0 saturated heterocycles. The molecule has 0 aliphatic heterocycles. The van der Waals surface area contributed by atoms with E-state index in [1.807, 2.05) is 18.7 Å². The zero-order valence-electron chi connectivity index (χ0n) is 15.2. The Morgan fingerprint density at radius 3 is 2.36 bits per heavy atom. The SMILES string of the molecule is CCNC(=NCc1c(C)nn(C)c1C)NCCNC(C)(C)C. The van der Waals surface area contributed by atoms with Gasteiger partial charge in [-0.2, -0.15) is 5.10 Å². The number of nitrogens with one attached hydrogen (secondary N) is 3. The van der Waals surface area contributed by atoms with Gasteiger partial charge in [0.1, 0.15) is 0 Å². The van der Waals surface area contributed by atoms with Crippen LogP contribution < -0.4 is 16.0 Å². The Hall–Kier alpha value is -1.56. The van der Waals surface area contributed by atoms with E-state index < -0.39 is 0 Å². The first-order chi connectivity index (χ1) is 10.2. The van der Waals surface area contributed by atoms with Crippen molar-refractivity contribution in [2.75, 3.05) is 19.6 Å². The van der Waals surface area contributed by atoms with E-state index in [4.69, 9.17) is 0 Å². The van der Waals surface area contributed by atoms with Gasteiger partial charge < -0.3 is 16.0 Å². The predicted molar refractivity (Wildman–Crippen MR) is 93.3 cm³/mol. The van der Waals surface area contributed by atoms with Crippen molar-refractivity contribution in [3.05, 3.63) is 17.0 Å². The van der Waals surface area contributed by atoms with Gasteiger partial charge in [0.05, 0.1) is 12.2 Å². The molecular weight excluding hydrogens is 276 g/mol. The van der Waals surface area contributed by atoms with E-state index >= 15 is 0 Å². The van der Waals surface area contributed by atoms with Crippen LogP contribution in [0.3, 0.4) is 0 Å². The molecule has 6 heteroatoms. The molecular formula is C16H32N6. The van der Waals surface area contributed by atoms with E-state index in [1.54, 1.807) is 0 Å². The van der Waals surface area contributed by atoms with Gasteiger partial charge in [-0.1, -0.05) is 0 Å². The van der Waals surface area contributed by atoms with Gasteiger partial charge in [0.25, 0.3) is 0 Å². The highest BCUT2D eigenvalue weighted by Crippen LogP contribution is 2.12. The summed E-state index contributed by atoms with van der Waals surface area (Å²) in [5.41, 5.74) is 3.56. The largest absolute Gasteiger partial charge is 0.357 e. The molecule has 0 aliphatic carbocycles. The number of aromatic nitrogens is 2. The average Bonchev–Trinajstić information content (AvgIpc) is 2.65. The second-order valence-corrected chi connectivity index (χ2v) is 6.57. The molecule has 0 saturated carbocycles. The van der Waals surface area contributed by atoms with Crippen LogP contribution in [0.2, 0.25) is 0 Å². The highest BCUT2D eigenvalue weighted by atomic mass is 15.3. The zero-order valence-corrected chi connectivity index (χ0v) is 15.2. The summed E-state index contributed by atoms with van der Waals surface area (Å²) >= 11 is 0. The van der Waals surface area contributed by atoms with Crippen LogP contribution in [0.1, 0.15) is 44.6 Å². The van der Waals surface area contributed by atoms with Crippen molar-refractivity contribution in [2.24, 2.45) is 12.0 Å². The number of nitrogens with zero attached hydrogens (tertiary/aromatic N) is 3. The number of hydrogen-bond donors (Lipinski definition) is 3. The molecule has 1 aromatic rings. The lowest BCUT2D eigenvalue weighted by atomic mass is 10.1. The van der Waals surface area contributed by atoms with Crippen LogP contribution >= 0.6 is 0 Å². The van der Waals surface area contributed by atoms with Gasteiger partial charge in [0.15, 0.2) is 5.96 Å². The van der Waals surface area contributed by atoms with Crippen molar-refractivity contribution < 1.29 is 0 Å². The highest BCUT2D eigenvalue weighted by Gasteiger charge is 2.09. The molecule has 6 nitrogen and oxygen atoms in total. The summed E-state index contributed by atoms with van der Waals surface area (Å²) in [5.74, 6) is 0.848. The molecule has 0 spiro atoms. The molecule has 1 heterocycles. The molecule has 3 N–H and O–H groups in total. The maximum absolute atomic E-state index is 4.67. The van der Waals surface area contributed by atoms with Gasteiger partial charge in [-0.3, -0.25) is 4.68 Å². The predicted octanol–water partition coefficient (Wildman–Crippen LogP) is 1.48. The molecule has 1 aromatic heterocycles. The Labute approximate surface area is 134 Å². The van der Waals surface area contributed by atoms with E-state index in [1.165, 1.54) is 11.3 Å². The summed E-state index contributed by atoms with van der Waals surface area (Å²) in [6.45, 7) is 15.9. The first kappa shape index (κ1) is 18.5. The molecule has 0 bridgehead atoms. The van der Waals surface area contributed by atoms with Gasteiger partial charge >= 0.3 is 0 Å². The third kappa shape index (κ3) is 6.05. The minimum atomic E-state index is 0.140. The molecule has 126 valence electrons. The van der Waals surface area contributed by atoms with Gasteiger partial charge in [0, 0.05) is 43.5 Å². The maximum Gasteiger partial charge on any atom is 0.191 e. The summed E-state index contributed by atoms with van der Waals surface area (Å²) in [7, 11) is 1.97. The first-order valence-corrected chi connectivity index (χ1v) is 8.01. The number of rotatable bonds is 6. The third-order valence-electron chi connectivity index (χ3n) is 3.47. The van der Waals surface area contributed by atoms with Crippen LogP contribution in [-0.4, -0.2) is 40.9 Å². The van der Waals surface area contributed by atoms with E-state index in [2.05, 4.69) is 60.7 Å². The zero-order chi connectivity index (χ0) is 16.8.